The first-order chi connectivity index (χ1) is 8.98. The molecule has 1 aromatic carbocycles. The van der Waals surface area contributed by atoms with Crippen LogP contribution in [0.5, 0.6) is 0 Å². The van der Waals surface area contributed by atoms with Crippen LogP contribution in [0.1, 0.15) is 5.56 Å². The molecule has 0 saturated carbocycles. The number of hydrogen-bond donors (Lipinski definition) is 2. The average Bonchev–Trinajstić information content (AvgIpc) is 2.36. The molecule has 0 aliphatic rings. The fraction of sp³-hybridized carbons (Fsp3) is 0.250. The molecule has 1 rings (SSSR count). The van der Waals surface area contributed by atoms with Gasteiger partial charge in [-0.25, -0.2) is 8.42 Å². The minimum Gasteiger partial charge on any atom is -0.468 e. The van der Waals surface area contributed by atoms with Gasteiger partial charge in [0.05, 0.1) is 19.3 Å². The van der Waals surface area contributed by atoms with Crippen molar-refractivity contribution >= 4 is 21.7 Å². The second-order valence-electron chi connectivity index (χ2n) is 3.49. The van der Waals surface area contributed by atoms with Gasteiger partial charge in [0.1, 0.15) is 0 Å². The summed E-state index contributed by atoms with van der Waals surface area (Å²) in [5, 5.41) is 0. The maximum Gasteiger partial charge on any atom is 0.322 e. The summed E-state index contributed by atoms with van der Waals surface area (Å²) in [7, 11) is -2.69. The van der Waals surface area contributed by atoms with Gasteiger partial charge in [-0.2, -0.15) is 0 Å². The maximum atomic E-state index is 11.7. The van der Waals surface area contributed by atoms with Gasteiger partial charge in [-0.05, 0) is 12.1 Å². The predicted octanol–water partition coefficient (Wildman–Crippen LogP) is -0.0885. The number of nitrogens with one attached hydrogen (secondary N) is 1. The number of methoxy groups -OCH3 is 1. The zero-order valence-electron chi connectivity index (χ0n) is 10.3. The lowest BCUT2D eigenvalue weighted by Crippen LogP contribution is -2.24. The Morgan fingerprint density at radius 3 is 2.74 bits per heavy atom. The number of esters is 1. The molecular weight excluding hydrogens is 268 g/mol. The summed E-state index contributed by atoms with van der Waals surface area (Å²) in [5.74, 6) is 3.80. The molecule has 3 N–H and O–H groups in total. The van der Waals surface area contributed by atoms with Crippen molar-refractivity contribution in [3.05, 3.63) is 29.8 Å². The van der Waals surface area contributed by atoms with Crippen molar-refractivity contribution in [3.63, 3.8) is 0 Å². The van der Waals surface area contributed by atoms with E-state index in [1.807, 2.05) is 0 Å². The fourth-order valence-electron chi connectivity index (χ4n) is 1.25. The normalized spacial score (nSPS) is 10.2. The van der Waals surface area contributed by atoms with Gasteiger partial charge >= 0.3 is 5.97 Å². The van der Waals surface area contributed by atoms with Crippen LogP contribution in [0.25, 0.3) is 0 Å². The van der Waals surface area contributed by atoms with Crippen LogP contribution in [0.3, 0.4) is 0 Å². The second kappa shape index (κ2) is 6.78. The highest BCUT2D eigenvalue weighted by Crippen LogP contribution is 2.15. The highest BCUT2D eigenvalue weighted by molar-refractivity contribution is 7.93. The minimum absolute atomic E-state index is 0.170. The number of hydrogen-bond acceptors (Lipinski definition) is 5. The monoisotopic (exact) mass is 282 g/mol. The third-order valence-electron chi connectivity index (χ3n) is 2.05. The number of nitrogens with two attached hydrogens (primary N) is 1. The van der Waals surface area contributed by atoms with Crippen molar-refractivity contribution in [1.82, 2.24) is 0 Å². The lowest BCUT2D eigenvalue weighted by atomic mass is 10.2. The predicted molar refractivity (Wildman–Crippen MR) is 71.8 cm³/mol. The lowest BCUT2D eigenvalue weighted by molar-refractivity contribution is -0.137. The first-order valence-corrected chi connectivity index (χ1v) is 6.99. The number of para-hydroxylation sites is 1. The van der Waals surface area contributed by atoms with Crippen LogP contribution in [0.2, 0.25) is 0 Å². The van der Waals surface area contributed by atoms with E-state index in [0.717, 1.165) is 7.11 Å². The summed E-state index contributed by atoms with van der Waals surface area (Å²) in [6.07, 6.45) is 0. The quantitative estimate of drug-likeness (QED) is 0.594. The number of benzene rings is 1. The Kier molecular flexibility index (Phi) is 5.36. The number of rotatable bonds is 4. The van der Waals surface area contributed by atoms with Crippen LogP contribution in [-0.2, 0) is 19.6 Å². The van der Waals surface area contributed by atoms with Crippen LogP contribution in [0, 0.1) is 11.8 Å². The van der Waals surface area contributed by atoms with Crippen molar-refractivity contribution in [2.24, 2.45) is 5.73 Å². The van der Waals surface area contributed by atoms with Crippen molar-refractivity contribution < 1.29 is 17.9 Å². The molecule has 1 aromatic rings. The Labute approximate surface area is 112 Å². The van der Waals surface area contributed by atoms with Crippen LogP contribution < -0.4 is 10.5 Å². The zero-order chi connectivity index (χ0) is 14.3. The first-order valence-electron chi connectivity index (χ1n) is 5.34. The molecule has 0 aliphatic heterocycles. The summed E-state index contributed by atoms with van der Waals surface area (Å²) in [6.45, 7) is 0.170. The van der Waals surface area contributed by atoms with Gasteiger partial charge in [0.15, 0.2) is 5.75 Å². The Morgan fingerprint density at radius 1 is 1.42 bits per heavy atom. The number of ether oxygens (including phenoxy) is 1. The smallest absolute Gasteiger partial charge is 0.322 e. The molecule has 19 heavy (non-hydrogen) atoms. The van der Waals surface area contributed by atoms with Crippen molar-refractivity contribution in [2.75, 3.05) is 24.1 Å². The summed E-state index contributed by atoms with van der Waals surface area (Å²) >= 11 is 0. The number of anilines is 1. The van der Waals surface area contributed by atoms with Crippen molar-refractivity contribution in [1.29, 1.82) is 0 Å². The van der Waals surface area contributed by atoms with Crippen LogP contribution in [0.4, 0.5) is 5.69 Å². The van der Waals surface area contributed by atoms with Crippen molar-refractivity contribution in [3.8, 4) is 11.8 Å². The van der Waals surface area contributed by atoms with Gasteiger partial charge in [0.25, 0.3) is 0 Å². The molecule has 0 bridgehead atoms. The van der Waals surface area contributed by atoms with Gasteiger partial charge < -0.3 is 10.5 Å². The molecule has 0 radical (unpaired) electrons. The molecule has 0 atom stereocenters. The summed E-state index contributed by atoms with van der Waals surface area (Å²) in [5.41, 5.74) is 6.05. The second-order valence-corrected chi connectivity index (χ2v) is 5.21. The first kappa shape index (κ1) is 15.0. The molecule has 0 unspecified atom stereocenters. The van der Waals surface area contributed by atoms with E-state index in [-0.39, 0.29) is 6.54 Å². The summed E-state index contributed by atoms with van der Waals surface area (Å²) in [4.78, 5) is 11.0. The van der Waals surface area contributed by atoms with Gasteiger partial charge in [-0.1, -0.05) is 24.0 Å². The van der Waals surface area contributed by atoms with E-state index in [1.54, 1.807) is 24.3 Å². The number of sulfonamides is 1. The van der Waals surface area contributed by atoms with E-state index in [1.165, 1.54) is 0 Å². The van der Waals surface area contributed by atoms with E-state index < -0.39 is 21.7 Å². The van der Waals surface area contributed by atoms with E-state index in [4.69, 9.17) is 5.73 Å². The van der Waals surface area contributed by atoms with Gasteiger partial charge in [-0.3, -0.25) is 9.52 Å². The third-order valence-corrected chi connectivity index (χ3v) is 3.20. The maximum absolute atomic E-state index is 11.7. The van der Waals surface area contributed by atoms with Gasteiger partial charge in [0, 0.05) is 5.56 Å². The minimum atomic E-state index is -3.82. The molecule has 0 aliphatic carbocycles. The highest BCUT2D eigenvalue weighted by Gasteiger charge is 2.17. The van der Waals surface area contributed by atoms with Gasteiger partial charge in [-0.15, -0.1) is 0 Å². The average molecular weight is 282 g/mol. The molecule has 0 amide bonds. The fourth-order valence-corrected chi connectivity index (χ4v) is 2.26. The van der Waals surface area contributed by atoms with E-state index in [2.05, 4.69) is 21.3 Å². The third kappa shape index (κ3) is 4.99. The van der Waals surface area contributed by atoms with E-state index in [9.17, 15) is 13.2 Å². The molecule has 7 heteroatoms. The number of carbonyl (C=O) groups excluding carboxylic acids is 1. The summed E-state index contributed by atoms with van der Waals surface area (Å²) in [6, 6.07) is 6.58. The number of carbonyl (C=O) groups is 1. The topological polar surface area (TPSA) is 98.5 Å². The molecule has 0 aromatic heterocycles. The molecular formula is C12H14N2O4S. The van der Waals surface area contributed by atoms with E-state index in [0.29, 0.717) is 11.3 Å². The Balaban J connectivity index is 2.96. The zero-order valence-corrected chi connectivity index (χ0v) is 11.2. The van der Waals surface area contributed by atoms with Crippen LogP contribution in [0.15, 0.2) is 24.3 Å². The van der Waals surface area contributed by atoms with Crippen molar-refractivity contribution in [2.45, 2.75) is 0 Å². The molecule has 6 nitrogen and oxygen atoms in total. The molecule has 0 saturated heterocycles. The lowest BCUT2D eigenvalue weighted by Gasteiger charge is -2.08. The molecule has 0 spiro atoms. The Hall–Kier alpha value is -2.04. The molecule has 0 heterocycles. The Morgan fingerprint density at radius 2 is 2.11 bits per heavy atom. The Bertz CT molecular complexity index is 614. The standard InChI is InChI=1S/C12H14N2O4S/c1-18-12(15)9-19(16,17)14-11-7-3-2-5-10(11)6-4-8-13/h2-3,5,7,14H,8-9,13H2,1H3. The molecule has 0 fully saturated rings. The molecule has 102 valence electrons. The van der Waals surface area contributed by atoms with Crippen LogP contribution in [-0.4, -0.2) is 33.8 Å². The van der Waals surface area contributed by atoms with Crippen LogP contribution >= 0.6 is 0 Å². The SMILES string of the molecule is COC(=O)CS(=O)(=O)Nc1ccccc1C#CCN. The summed E-state index contributed by atoms with van der Waals surface area (Å²) < 4.78 is 30.0. The highest BCUT2D eigenvalue weighted by atomic mass is 32.2. The van der Waals surface area contributed by atoms with E-state index >= 15 is 0 Å². The van der Waals surface area contributed by atoms with Gasteiger partial charge in [0.2, 0.25) is 10.0 Å². The largest absolute Gasteiger partial charge is 0.468 e.